The van der Waals surface area contributed by atoms with Gasteiger partial charge >= 0.3 is 0 Å². The Bertz CT molecular complexity index is 394. The van der Waals surface area contributed by atoms with Crippen LogP contribution in [-0.4, -0.2) is 26.1 Å². The van der Waals surface area contributed by atoms with Gasteiger partial charge in [0.15, 0.2) is 6.29 Å². The molecule has 0 radical (unpaired) electrons. The zero-order valence-corrected chi connectivity index (χ0v) is 12.3. The Morgan fingerprint density at radius 3 is 3.00 bits per heavy atom. The molecule has 1 heterocycles. The predicted molar refractivity (Wildman–Crippen MR) is 73.8 cm³/mol. The molecule has 1 unspecified atom stereocenters. The smallest absolute Gasteiger partial charge is 0.157 e. The first-order valence-corrected chi connectivity index (χ1v) is 7.36. The standard InChI is InChI=1S/C14H18BrFO3/c15-14-11(16)5-3-6-12(14)17-9-4-10-19-13-7-1-2-8-18-13/h3,5-6,13H,1-2,4,7-10H2. The molecule has 0 spiro atoms. The molecule has 1 saturated heterocycles. The Morgan fingerprint density at radius 2 is 2.21 bits per heavy atom. The molecule has 1 atom stereocenters. The molecule has 0 saturated carbocycles. The highest BCUT2D eigenvalue weighted by molar-refractivity contribution is 9.10. The fraction of sp³-hybridized carbons (Fsp3) is 0.571. The van der Waals surface area contributed by atoms with Crippen LogP contribution >= 0.6 is 15.9 Å². The average Bonchev–Trinajstić information content (AvgIpc) is 2.44. The summed E-state index contributed by atoms with van der Waals surface area (Å²) in [6.45, 7) is 1.88. The molecule has 106 valence electrons. The van der Waals surface area contributed by atoms with Gasteiger partial charge in [-0.05, 0) is 47.3 Å². The second kappa shape index (κ2) is 7.82. The second-order valence-corrected chi connectivity index (χ2v) is 5.21. The number of halogens is 2. The summed E-state index contributed by atoms with van der Waals surface area (Å²) in [5, 5.41) is 0. The van der Waals surface area contributed by atoms with Crippen LogP contribution in [0.5, 0.6) is 5.75 Å². The van der Waals surface area contributed by atoms with Crippen molar-refractivity contribution in [2.45, 2.75) is 32.0 Å². The molecule has 1 aliphatic rings. The lowest BCUT2D eigenvalue weighted by Crippen LogP contribution is -2.23. The van der Waals surface area contributed by atoms with Crippen LogP contribution in [0.1, 0.15) is 25.7 Å². The van der Waals surface area contributed by atoms with Crippen molar-refractivity contribution in [2.24, 2.45) is 0 Å². The minimum atomic E-state index is -0.315. The molecule has 1 aliphatic heterocycles. The van der Waals surface area contributed by atoms with E-state index >= 15 is 0 Å². The molecule has 0 aliphatic carbocycles. The maximum absolute atomic E-state index is 13.2. The lowest BCUT2D eigenvalue weighted by molar-refractivity contribution is -0.163. The summed E-state index contributed by atoms with van der Waals surface area (Å²) in [5.41, 5.74) is 0. The van der Waals surface area contributed by atoms with Crippen molar-refractivity contribution in [3.8, 4) is 5.75 Å². The van der Waals surface area contributed by atoms with E-state index in [2.05, 4.69) is 15.9 Å². The van der Waals surface area contributed by atoms with E-state index in [-0.39, 0.29) is 12.1 Å². The molecular weight excluding hydrogens is 315 g/mol. The van der Waals surface area contributed by atoms with Crippen LogP contribution < -0.4 is 4.74 Å². The van der Waals surface area contributed by atoms with Crippen LogP contribution in [0, 0.1) is 5.82 Å². The SMILES string of the molecule is Fc1cccc(OCCCOC2CCCCO2)c1Br. The van der Waals surface area contributed by atoms with Crippen molar-refractivity contribution < 1.29 is 18.6 Å². The molecule has 1 aromatic carbocycles. The zero-order chi connectivity index (χ0) is 13.5. The third-order valence-electron chi connectivity index (χ3n) is 2.90. The topological polar surface area (TPSA) is 27.7 Å². The van der Waals surface area contributed by atoms with Gasteiger partial charge in [0.25, 0.3) is 0 Å². The first kappa shape index (κ1) is 14.8. The van der Waals surface area contributed by atoms with Crippen molar-refractivity contribution >= 4 is 15.9 Å². The Labute approximate surface area is 121 Å². The molecular formula is C14H18BrFO3. The van der Waals surface area contributed by atoms with E-state index < -0.39 is 0 Å². The summed E-state index contributed by atoms with van der Waals surface area (Å²) in [7, 11) is 0. The van der Waals surface area contributed by atoms with E-state index in [0.29, 0.717) is 23.4 Å². The Hall–Kier alpha value is -0.650. The van der Waals surface area contributed by atoms with Crippen molar-refractivity contribution in [1.82, 2.24) is 0 Å². The molecule has 0 aromatic heterocycles. The monoisotopic (exact) mass is 332 g/mol. The Morgan fingerprint density at radius 1 is 1.32 bits per heavy atom. The van der Waals surface area contributed by atoms with Crippen molar-refractivity contribution in [3.05, 3.63) is 28.5 Å². The third kappa shape index (κ3) is 4.75. The van der Waals surface area contributed by atoms with Gasteiger partial charge in [-0.1, -0.05) is 6.07 Å². The minimum absolute atomic E-state index is 0.0605. The molecule has 0 amide bonds. The number of hydrogen-bond acceptors (Lipinski definition) is 3. The summed E-state index contributed by atoms with van der Waals surface area (Å²) in [6, 6.07) is 4.75. The van der Waals surface area contributed by atoms with Crippen LogP contribution in [0.25, 0.3) is 0 Å². The van der Waals surface area contributed by atoms with E-state index in [4.69, 9.17) is 14.2 Å². The molecule has 3 nitrogen and oxygen atoms in total. The highest BCUT2D eigenvalue weighted by Crippen LogP contribution is 2.27. The highest BCUT2D eigenvalue weighted by Gasteiger charge is 2.13. The van der Waals surface area contributed by atoms with E-state index in [1.54, 1.807) is 12.1 Å². The summed E-state index contributed by atoms with van der Waals surface area (Å²) < 4.78 is 30.1. The summed E-state index contributed by atoms with van der Waals surface area (Å²) >= 11 is 3.16. The normalized spacial score (nSPS) is 19.4. The van der Waals surface area contributed by atoms with Crippen molar-refractivity contribution in [1.29, 1.82) is 0 Å². The Kier molecular flexibility index (Phi) is 6.07. The van der Waals surface area contributed by atoms with Gasteiger partial charge in [0.2, 0.25) is 0 Å². The first-order chi connectivity index (χ1) is 9.27. The van der Waals surface area contributed by atoms with Gasteiger partial charge in [0.1, 0.15) is 11.6 Å². The molecule has 0 bridgehead atoms. The van der Waals surface area contributed by atoms with Gasteiger partial charge in [-0.25, -0.2) is 4.39 Å². The van der Waals surface area contributed by atoms with Gasteiger partial charge in [-0.15, -0.1) is 0 Å². The number of hydrogen-bond donors (Lipinski definition) is 0. The van der Waals surface area contributed by atoms with E-state index in [0.717, 1.165) is 32.3 Å². The molecule has 5 heteroatoms. The molecule has 19 heavy (non-hydrogen) atoms. The summed E-state index contributed by atoms with van der Waals surface area (Å²) in [5.74, 6) is 0.207. The van der Waals surface area contributed by atoms with Crippen molar-refractivity contribution in [2.75, 3.05) is 19.8 Å². The maximum atomic E-state index is 13.2. The lowest BCUT2D eigenvalue weighted by Gasteiger charge is -2.22. The summed E-state index contributed by atoms with van der Waals surface area (Å²) in [6.07, 6.45) is 3.95. The molecule has 1 fully saturated rings. The summed E-state index contributed by atoms with van der Waals surface area (Å²) in [4.78, 5) is 0. The van der Waals surface area contributed by atoms with Crippen LogP contribution in [0.15, 0.2) is 22.7 Å². The molecule has 2 rings (SSSR count). The largest absolute Gasteiger partial charge is 0.492 e. The number of benzene rings is 1. The van der Waals surface area contributed by atoms with E-state index in [1.807, 2.05) is 0 Å². The third-order valence-corrected chi connectivity index (χ3v) is 3.67. The fourth-order valence-corrected chi connectivity index (χ4v) is 2.27. The quantitative estimate of drug-likeness (QED) is 0.739. The average molecular weight is 333 g/mol. The van der Waals surface area contributed by atoms with Crippen LogP contribution in [0.4, 0.5) is 4.39 Å². The van der Waals surface area contributed by atoms with Crippen LogP contribution in [-0.2, 0) is 9.47 Å². The molecule has 1 aromatic rings. The second-order valence-electron chi connectivity index (χ2n) is 4.42. The fourth-order valence-electron chi connectivity index (χ4n) is 1.89. The van der Waals surface area contributed by atoms with Gasteiger partial charge in [0, 0.05) is 13.0 Å². The highest BCUT2D eigenvalue weighted by atomic mass is 79.9. The van der Waals surface area contributed by atoms with Gasteiger partial charge < -0.3 is 14.2 Å². The zero-order valence-electron chi connectivity index (χ0n) is 10.7. The van der Waals surface area contributed by atoms with E-state index in [9.17, 15) is 4.39 Å². The lowest BCUT2D eigenvalue weighted by atomic mass is 10.2. The molecule has 0 N–H and O–H groups in total. The minimum Gasteiger partial charge on any atom is -0.492 e. The van der Waals surface area contributed by atoms with Crippen LogP contribution in [0.3, 0.4) is 0 Å². The van der Waals surface area contributed by atoms with Gasteiger partial charge in [-0.3, -0.25) is 0 Å². The van der Waals surface area contributed by atoms with Crippen LogP contribution in [0.2, 0.25) is 0 Å². The predicted octanol–water partition coefficient (Wildman–Crippen LogP) is 3.90. The van der Waals surface area contributed by atoms with E-state index in [1.165, 1.54) is 6.07 Å². The Balaban J connectivity index is 1.62. The maximum Gasteiger partial charge on any atom is 0.157 e. The van der Waals surface area contributed by atoms with Crippen molar-refractivity contribution in [3.63, 3.8) is 0 Å². The number of rotatable bonds is 6. The van der Waals surface area contributed by atoms with Gasteiger partial charge in [0.05, 0.1) is 17.7 Å². The van der Waals surface area contributed by atoms with Gasteiger partial charge in [-0.2, -0.15) is 0 Å². The first-order valence-electron chi connectivity index (χ1n) is 6.57. The number of ether oxygens (including phenoxy) is 3.